The van der Waals surface area contributed by atoms with E-state index in [2.05, 4.69) is 22.5 Å². The Morgan fingerprint density at radius 3 is 2.15 bits per heavy atom. The van der Waals surface area contributed by atoms with Gasteiger partial charge in [0.25, 0.3) is 11.8 Å². The second-order valence-corrected chi connectivity index (χ2v) is 7.60. The van der Waals surface area contributed by atoms with Crippen LogP contribution in [-0.4, -0.2) is 21.4 Å². The van der Waals surface area contributed by atoms with Crippen LogP contribution in [0.5, 0.6) is 0 Å². The fourth-order valence-electron chi connectivity index (χ4n) is 3.32. The van der Waals surface area contributed by atoms with Crippen LogP contribution in [0.2, 0.25) is 0 Å². The number of halogens is 1. The molecule has 0 unspecified atom stereocenters. The van der Waals surface area contributed by atoms with Crippen molar-refractivity contribution in [2.24, 2.45) is 0 Å². The Kier molecular flexibility index (Phi) is 6.59. The van der Waals surface area contributed by atoms with Gasteiger partial charge in [-0.1, -0.05) is 37.3 Å². The molecule has 4 aromatic rings. The van der Waals surface area contributed by atoms with Gasteiger partial charge in [0.05, 0.1) is 6.33 Å². The molecule has 0 atom stereocenters. The average molecular weight is 442 g/mol. The first-order valence-electron chi connectivity index (χ1n) is 10.6. The number of hydrogen-bond donors (Lipinski definition) is 2. The standard InChI is InChI=1S/C26H23FN4O2/c1-2-18-6-10-23(11-7-18)30-26(33)24-16-31(17-28-24)15-19-8-12-22(13-9-19)29-25(32)20-4-3-5-21(27)14-20/h3-14,16-17H,2,15H2,1H3,(H,29,32)(H,30,33). The molecule has 0 saturated heterocycles. The molecular formula is C26H23FN4O2. The van der Waals surface area contributed by atoms with E-state index < -0.39 is 5.82 Å². The Hall–Kier alpha value is -4.26. The van der Waals surface area contributed by atoms with Gasteiger partial charge in [0, 0.05) is 29.7 Å². The lowest BCUT2D eigenvalue weighted by atomic mass is 10.1. The van der Waals surface area contributed by atoms with Gasteiger partial charge in [-0.05, 0) is 60.0 Å². The summed E-state index contributed by atoms with van der Waals surface area (Å²) in [6.45, 7) is 2.60. The summed E-state index contributed by atoms with van der Waals surface area (Å²) in [6.07, 6.45) is 4.24. The minimum absolute atomic E-state index is 0.254. The van der Waals surface area contributed by atoms with Crippen LogP contribution in [0.25, 0.3) is 0 Å². The molecule has 0 radical (unpaired) electrons. The van der Waals surface area contributed by atoms with E-state index in [4.69, 9.17) is 0 Å². The number of anilines is 2. The smallest absolute Gasteiger partial charge is 0.275 e. The van der Waals surface area contributed by atoms with E-state index in [1.807, 2.05) is 41.0 Å². The van der Waals surface area contributed by atoms with Gasteiger partial charge in [-0.2, -0.15) is 0 Å². The van der Waals surface area contributed by atoms with Gasteiger partial charge in [-0.3, -0.25) is 9.59 Å². The van der Waals surface area contributed by atoms with Crippen LogP contribution in [0.15, 0.2) is 85.3 Å². The highest BCUT2D eigenvalue weighted by Gasteiger charge is 2.11. The molecule has 6 nitrogen and oxygen atoms in total. The monoisotopic (exact) mass is 442 g/mol. The largest absolute Gasteiger partial charge is 0.332 e. The molecule has 7 heteroatoms. The molecule has 1 aromatic heterocycles. The molecule has 0 spiro atoms. The van der Waals surface area contributed by atoms with Crippen molar-refractivity contribution < 1.29 is 14.0 Å². The molecule has 4 rings (SSSR count). The Morgan fingerprint density at radius 1 is 0.879 bits per heavy atom. The Balaban J connectivity index is 1.34. The van der Waals surface area contributed by atoms with Crippen LogP contribution >= 0.6 is 0 Å². The summed E-state index contributed by atoms with van der Waals surface area (Å²) in [6, 6.07) is 20.5. The number of imidazole rings is 1. The number of nitrogens with zero attached hydrogens (tertiary/aromatic N) is 2. The lowest BCUT2D eigenvalue weighted by Crippen LogP contribution is -2.12. The van der Waals surface area contributed by atoms with E-state index in [9.17, 15) is 14.0 Å². The van der Waals surface area contributed by atoms with E-state index in [0.29, 0.717) is 17.9 Å². The molecule has 0 fully saturated rings. The van der Waals surface area contributed by atoms with Crippen molar-refractivity contribution in [3.63, 3.8) is 0 Å². The van der Waals surface area contributed by atoms with E-state index in [0.717, 1.165) is 17.7 Å². The number of benzene rings is 3. The molecule has 166 valence electrons. The molecule has 2 N–H and O–H groups in total. The zero-order valence-electron chi connectivity index (χ0n) is 18.1. The average Bonchev–Trinajstić information content (AvgIpc) is 3.29. The van der Waals surface area contributed by atoms with E-state index in [1.165, 1.54) is 23.8 Å². The molecule has 1 heterocycles. The molecule has 0 saturated carbocycles. The topological polar surface area (TPSA) is 76.0 Å². The second-order valence-electron chi connectivity index (χ2n) is 7.60. The van der Waals surface area contributed by atoms with Crippen LogP contribution in [0, 0.1) is 5.82 Å². The molecule has 0 bridgehead atoms. The van der Waals surface area contributed by atoms with Gasteiger partial charge >= 0.3 is 0 Å². The first-order chi connectivity index (χ1) is 16.0. The van der Waals surface area contributed by atoms with Crippen molar-refractivity contribution in [3.05, 3.63) is 114 Å². The third-order valence-electron chi connectivity index (χ3n) is 5.15. The summed E-state index contributed by atoms with van der Waals surface area (Å²) >= 11 is 0. The maximum atomic E-state index is 13.3. The Morgan fingerprint density at radius 2 is 1.52 bits per heavy atom. The molecule has 33 heavy (non-hydrogen) atoms. The normalized spacial score (nSPS) is 10.6. The first-order valence-corrected chi connectivity index (χ1v) is 10.6. The predicted octanol–water partition coefficient (Wildman–Crippen LogP) is 5.14. The van der Waals surface area contributed by atoms with Gasteiger partial charge in [0.15, 0.2) is 0 Å². The van der Waals surface area contributed by atoms with E-state index in [-0.39, 0.29) is 17.4 Å². The van der Waals surface area contributed by atoms with Crippen LogP contribution in [-0.2, 0) is 13.0 Å². The highest BCUT2D eigenvalue weighted by Crippen LogP contribution is 2.15. The maximum Gasteiger partial charge on any atom is 0.275 e. The van der Waals surface area contributed by atoms with E-state index in [1.54, 1.807) is 30.7 Å². The highest BCUT2D eigenvalue weighted by molar-refractivity contribution is 6.04. The second kappa shape index (κ2) is 9.91. The fourth-order valence-corrected chi connectivity index (χ4v) is 3.32. The van der Waals surface area contributed by atoms with Crippen LogP contribution < -0.4 is 10.6 Å². The summed E-state index contributed by atoms with van der Waals surface area (Å²) in [7, 11) is 0. The zero-order valence-corrected chi connectivity index (χ0v) is 18.1. The predicted molar refractivity (Wildman–Crippen MR) is 126 cm³/mol. The molecule has 2 amide bonds. The minimum Gasteiger partial charge on any atom is -0.332 e. The molecular weight excluding hydrogens is 419 g/mol. The number of nitrogens with one attached hydrogen (secondary N) is 2. The SMILES string of the molecule is CCc1ccc(NC(=O)c2cn(Cc3ccc(NC(=O)c4cccc(F)c4)cc3)cn2)cc1. The van der Waals surface area contributed by atoms with Crippen molar-refractivity contribution in [1.82, 2.24) is 9.55 Å². The zero-order chi connectivity index (χ0) is 23.2. The number of rotatable bonds is 7. The third-order valence-corrected chi connectivity index (χ3v) is 5.15. The number of carbonyl (C=O) groups is 2. The highest BCUT2D eigenvalue weighted by atomic mass is 19.1. The van der Waals surface area contributed by atoms with Gasteiger partial charge < -0.3 is 15.2 Å². The van der Waals surface area contributed by atoms with Gasteiger partial charge in [-0.15, -0.1) is 0 Å². The lowest BCUT2D eigenvalue weighted by molar-refractivity contribution is 0.101. The maximum absolute atomic E-state index is 13.3. The summed E-state index contributed by atoms with van der Waals surface area (Å²) < 4.78 is 15.1. The van der Waals surface area contributed by atoms with Gasteiger partial charge in [0.2, 0.25) is 0 Å². The van der Waals surface area contributed by atoms with Gasteiger partial charge in [-0.25, -0.2) is 9.37 Å². The minimum atomic E-state index is -0.458. The van der Waals surface area contributed by atoms with Crippen LogP contribution in [0.1, 0.15) is 38.9 Å². The summed E-state index contributed by atoms with van der Waals surface area (Å²) in [5.41, 5.74) is 4.09. The van der Waals surface area contributed by atoms with Crippen molar-refractivity contribution >= 4 is 23.2 Å². The summed E-state index contributed by atoms with van der Waals surface area (Å²) in [5.74, 6) is -1.11. The number of carbonyl (C=O) groups excluding carboxylic acids is 2. The quantitative estimate of drug-likeness (QED) is 0.416. The van der Waals surface area contributed by atoms with Crippen LogP contribution in [0.4, 0.5) is 15.8 Å². The Labute approximate surface area is 191 Å². The third kappa shape index (κ3) is 5.71. The number of amides is 2. The number of aromatic nitrogens is 2. The van der Waals surface area contributed by atoms with Crippen molar-refractivity contribution in [2.75, 3.05) is 10.6 Å². The lowest BCUT2D eigenvalue weighted by Gasteiger charge is -2.07. The summed E-state index contributed by atoms with van der Waals surface area (Å²) in [5, 5.41) is 5.60. The molecule has 0 aliphatic rings. The van der Waals surface area contributed by atoms with E-state index >= 15 is 0 Å². The Bertz CT molecular complexity index is 1260. The molecule has 0 aliphatic heterocycles. The summed E-state index contributed by atoms with van der Waals surface area (Å²) in [4.78, 5) is 28.9. The van der Waals surface area contributed by atoms with Crippen molar-refractivity contribution in [2.45, 2.75) is 19.9 Å². The van der Waals surface area contributed by atoms with Gasteiger partial charge in [0.1, 0.15) is 11.5 Å². The fraction of sp³-hybridized carbons (Fsp3) is 0.115. The molecule has 0 aliphatic carbocycles. The van der Waals surface area contributed by atoms with Crippen molar-refractivity contribution in [3.8, 4) is 0 Å². The number of aryl methyl sites for hydroxylation is 1. The molecule has 3 aromatic carbocycles. The van der Waals surface area contributed by atoms with Crippen molar-refractivity contribution in [1.29, 1.82) is 0 Å². The number of hydrogen-bond acceptors (Lipinski definition) is 3. The van der Waals surface area contributed by atoms with Crippen LogP contribution in [0.3, 0.4) is 0 Å². The first kappa shape index (κ1) is 22.0.